The summed E-state index contributed by atoms with van der Waals surface area (Å²) in [5, 5.41) is 3.33. The second-order valence-electron chi connectivity index (χ2n) is 4.99. The average molecular weight is 349 g/mol. The third-order valence-electron chi connectivity index (χ3n) is 3.47. The maximum Gasteiger partial charge on any atom is 0.263 e. The molecule has 1 N–H and O–H groups in total. The summed E-state index contributed by atoms with van der Waals surface area (Å²) in [7, 11) is 0. The largest absolute Gasteiger partial charge is 0.318 e. The Morgan fingerprint density at radius 2 is 2.09 bits per heavy atom. The Morgan fingerprint density at radius 3 is 2.73 bits per heavy atom. The second kappa shape index (κ2) is 5.91. The van der Waals surface area contributed by atoms with Crippen molar-refractivity contribution in [3.8, 4) is 5.69 Å². The van der Waals surface area contributed by atoms with Crippen molar-refractivity contribution in [2.24, 2.45) is 0 Å². The molecule has 1 saturated heterocycles. The molecule has 1 fully saturated rings. The summed E-state index contributed by atoms with van der Waals surface area (Å²) in [6, 6.07) is 9.76. The molecule has 0 spiro atoms. The maximum atomic E-state index is 11.8. The van der Waals surface area contributed by atoms with Crippen molar-refractivity contribution < 1.29 is 4.79 Å². The lowest BCUT2D eigenvalue weighted by molar-refractivity contribution is -0.115. The minimum Gasteiger partial charge on any atom is -0.318 e. The van der Waals surface area contributed by atoms with Crippen molar-refractivity contribution in [1.29, 1.82) is 0 Å². The lowest BCUT2D eigenvalue weighted by Crippen LogP contribution is -2.17. The van der Waals surface area contributed by atoms with Gasteiger partial charge in [0.15, 0.2) is 0 Å². The number of aromatic nitrogens is 1. The van der Waals surface area contributed by atoms with Crippen molar-refractivity contribution in [2.75, 3.05) is 0 Å². The van der Waals surface area contributed by atoms with E-state index in [1.54, 1.807) is 0 Å². The Bertz CT molecular complexity index is 824. The first-order valence-corrected chi connectivity index (χ1v) is 8.26. The van der Waals surface area contributed by atoms with E-state index in [2.05, 4.69) is 16.0 Å². The van der Waals surface area contributed by atoms with Gasteiger partial charge in [0.05, 0.1) is 4.91 Å². The first kappa shape index (κ1) is 15.3. The van der Waals surface area contributed by atoms with E-state index < -0.39 is 0 Å². The molecule has 1 amide bonds. The van der Waals surface area contributed by atoms with Crippen LogP contribution in [0.4, 0.5) is 0 Å². The van der Waals surface area contributed by atoms with Gasteiger partial charge in [-0.25, -0.2) is 0 Å². The van der Waals surface area contributed by atoms with Crippen molar-refractivity contribution in [3.63, 3.8) is 0 Å². The fourth-order valence-electron chi connectivity index (χ4n) is 2.51. The molecule has 3 rings (SSSR count). The molecule has 3 nitrogen and oxygen atoms in total. The van der Waals surface area contributed by atoms with Gasteiger partial charge in [0.25, 0.3) is 5.91 Å². The van der Waals surface area contributed by atoms with Gasteiger partial charge in [-0.3, -0.25) is 4.79 Å². The number of amides is 1. The summed E-state index contributed by atoms with van der Waals surface area (Å²) in [5.74, 6) is -0.137. The molecule has 0 unspecified atom stereocenters. The monoisotopic (exact) mass is 348 g/mol. The maximum absolute atomic E-state index is 11.8. The predicted octanol–water partition coefficient (Wildman–Crippen LogP) is 4.24. The number of carbonyl (C=O) groups excluding carboxylic acids is 1. The summed E-state index contributed by atoms with van der Waals surface area (Å²) in [5.41, 5.74) is 4.14. The van der Waals surface area contributed by atoms with Crippen LogP contribution in [0.15, 0.2) is 35.2 Å². The molecule has 6 heteroatoms. The molecule has 1 aliphatic rings. The summed E-state index contributed by atoms with van der Waals surface area (Å²) in [6.07, 6.45) is 1.88. The molecular weight excluding hydrogens is 336 g/mol. The third-order valence-corrected chi connectivity index (χ3v) is 4.86. The highest BCUT2D eigenvalue weighted by Crippen LogP contribution is 2.29. The number of aryl methyl sites for hydroxylation is 1. The molecule has 112 valence electrons. The van der Waals surface area contributed by atoms with Gasteiger partial charge in [0.2, 0.25) is 0 Å². The van der Waals surface area contributed by atoms with Gasteiger partial charge < -0.3 is 9.88 Å². The first-order valence-electron chi connectivity index (χ1n) is 6.65. The van der Waals surface area contributed by atoms with Crippen molar-refractivity contribution in [1.82, 2.24) is 9.88 Å². The van der Waals surface area contributed by atoms with E-state index in [9.17, 15) is 4.79 Å². The Labute approximate surface area is 143 Å². The van der Waals surface area contributed by atoms with E-state index in [4.69, 9.17) is 23.8 Å². The summed E-state index contributed by atoms with van der Waals surface area (Å²) < 4.78 is 2.62. The molecule has 0 atom stereocenters. The van der Waals surface area contributed by atoms with Crippen LogP contribution in [0.1, 0.15) is 17.0 Å². The molecule has 0 bridgehead atoms. The molecule has 1 aromatic heterocycles. The van der Waals surface area contributed by atoms with Crippen molar-refractivity contribution >= 4 is 51.9 Å². The standard InChI is InChI=1S/C16H13ClN2OS2/c1-9-6-11(7-14-15(20)18-16(21)22-14)10(2)19(9)13-5-3-4-12(17)8-13/h3-8H,1-2H3,(H,18,20,21)/b14-7-. The minimum absolute atomic E-state index is 0.137. The number of nitrogens with one attached hydrogen (secondary N) is 1. The molecule has 2 aromatic rings. The highest BCUT2D eigenvalue weighted by atomic mass is 35.5. The Hall–Kier alpha value is -1.56. The van der Waals surface area contributed by atoms with E-state index in [0.717, 1.165) is 22.6 Å². The van der Waals surface area contributed by atoms with Crippen LogP contribution in [0.3, 0.4) is 0 Å². The zero-order valence-electron chi connectivity index (χ0n) is 12.0. The fourth-order valence-corrected chi connectivity index (χ4v) is 3.73. The second-order valence-corrected chi connectivity index (χ2v) is 7.15. The van der Waals surface area contributed by atoms with E-state index in [1.165, 1.54) is 11.8 Å². The highest BCUT2D eigenvalue weighted by Gasteiger charge is 2.22. The summed E-state index contributed by atoms with van der Waals surface area (Å²) >= 11 is 12.4. The molecule has 0 saturated carbocycles. The zero-order valence-corrected chi connectivity index (χ0v) is 14.4. The van der Waals surface area contributed by atoms with Crippen LogP contribution in [0.25, 0.3) is 11.8 Å². The first-order chi connectivity index (χ1) is 10.5. The van der Waals surface area contributed by atoms with Crippen LogP contribution in [0.5, 0.6) is 0 Å². The van der Waals surface area contributed by atoms with Gasteiger partial charge in [-0.1, -0.05) is 41.6 Å². The van der Waals surface area contributed by atoms with Crippen LogP contribution in [0, 0.1) is 13.8 Å². The SMILES string of the molecule is Cc1cc(/C=C2\SC(=S)NC2=O)c(C)n1-c1cccc(Cl)c1. The van der Waals surface area contributed by atoms with Gasteiger partial charge in [0, 0.05) is 22.1 Å². The number of carbonyl (C=O) groups is 1. The number of rotatable bonds is 2. The number of nitrogens with zero attached hydrogens (tertiary/aromatic N) is 1. The Morgan fingerprint density at radius 1 is 1.32 bits per heavy atom. The van der Waals surface area contributed by atoms with Crippen molar-refractivity contribution in [3.05, 3.63) is 57.2 Å². The summed E-state index contributed by atoms with van der Waals surface area (Å²) in [6.45, 7) is 4.05. The zero-order chi connectivity index (χ0) is 15.9. The normalized spacial score (nSPS) is 16.4. The lowest BCUT2D eigenvalue weighted by Gasteiger charge is -2.09. The quantitative estimate of drug-likeness (QED) is 0.651. The van der Waals surface area contributed by atoms with Crippen LogP contribution in [-0.2, 0) is 4.79 Å². The number of thiocarbonyl (C=S) groups is 1. The van der Waals surface area contributed by atoms with Crippen LogP contribution in [0.2, 0.25) is 5.02 Å². The molecule has 0 radical (unpaired) electrons. The van der Waals surface area contributed by atoms with Gasteiger partial charge in [0.1, 0.15) is 4.32 Å². The molecule has 1 aromatic carbocycles. The van der Waals surface area contributed by atoms with E-state index >= 15 is 0 Å². The minimum atomic E-state index is -0.137. The smallest absolute Gasteiger partial charge is 0.263 e. The number of halogens is 1. The molecule has 1 aliphatic heterocycles. The van der Waals surface area contributed by atoms with Crippen LogP contribution < -0.4 is 5.32 Å². The van der Waals surface area contributed by atoms with Gasteiger partial charge in [-0.2, -0.15) is 0 Å². The topological polar surface area (TPSA) is 34.0 Å². The number of benzene rings is 1. The number of hydrogen-bond donors (Lipinski definition) is 1. The number of hydrogen-bond acceptors (Lipinski definition) is 3. The fraction of sp³-hybridized carbons (Fsp3) is 0.125. The predicted molar refractivity (Wildman–Crippen MR) is 96.6 cm³/mol. The van der Waals surface area contributed by atoms with Gasteiger partial charge in [-0.05, 0) is 49.8 Å². The van der Waals surface area contributed by atoms with Crippen molar-refractivity contribution in [2.45, 2.75) is 13.8 Å². The molecule has 0 aliphatic carbocycles. The third kappa shape index (κ3) is 2.84. The molecular formula is C16H13ClN2OS2. The van der Waals surface area contributed by atoms with Crippen LogP contribution >= 0.6 is 35.6 Å². The summed E-state index contributed by atoms with van der Waals surface area (Å²) in [4.78, 5) is 12.4. The Balaban J connectivity index is 2.06. The van der Waals surface area contributed by atoms with Gasteiger partial charge >= 0.3 is 0 Å². The van der Waals surface area contributed by atoms with Crippen LogP contribution in [-0.4, -0.2) is 14.8 Å². The van der Waals surface area contributed by atoms with E-state index in [1.807, 2.05) is 44.2 Å². The highest BCUT2D eigenvalue weighted by molar-refractivity contribution is 8.26. The van der Waals surface area contributed by atoms with E-state index in [0.29, 0.717) is 14.2 Å². The average Bonchev–Trinajstić information content (AvgIpc) is 2.90. The molecule has 2 heterocycles. The number of thioether (sulfide) groups is 1. The van der Waals surface area contributed by atoms with E-state index in [-0.39, 0.29) is 5.91 Å². The molecule has 22 heavy (non-hydrogen) atoms. The van der Waals surface area contributed by atoms with Gasteiger partial charge in [-0.15, -0.1) is 0 Å². The lowest BCUT2D eigenvalue weighted by atomic mass is 10.2. The Kier molecular flexibility index (Phi) is 4.12.